The van der Waals surface area contributed by atoms with E-state index in [4.69, 9.17) is 4.74 Å². The number of methoxy groups -OCH3 is 1. The van der Waals surface area contributed by atoms with Crippen molar-refractivity contribution >= 4 is 5.69 Å². The van der Waals surface area contributed by atoms with Crippen LogP contribution in [0.3, 0.4) is 0 Å². The van der Waals surface area contributed by atoms with Crippen molar-refractivity contribution < 1.29 is 9.84 Å². The van der Waals surface area contributed by atoms with Gasteiger partial charge in [0, 0.05) is 12.2 Å². The molecule has 0 aromatic heterocycles. The fourth-order valence-electron chi connectivity index (χ4n) is 2.04. The Balaban J connectivity index is 1.95. The summed E-state index contributed by atoms with van der Waals surface area (Å²) in [5.74, 6) is 0.758. The second kappa shape index (κ2) is 6.96. The van der Waals surface area contributed by atoms with Crippen LogP contribution in [0.5, 0.6) is 5.75 Å². The minimum absolute atomic E-state index is 0.471. The summed E-state index contributed by atoms with van der Waals surface area (Å²) in [7, 11) is 1.62. The van der Waals surface area contributed by atoms with Crippen LogP contribution < -0.4 is 10.1 Å². The van der Waals surface area contributed by atoms with Gasteiger partial charge >= 0.3 is 0 Å². The van der Waals surface area contributed by atoms with Gasteiger partial charge in [-0.15, -0.1) is 0 Å². The molecule has 0 bridgehead atoms. The number of hydrogen-bond acceptors (Lipinski definition) is 3. The molecule has 0 aliphatic heterocycles. The largest absolute Gasteiger partial charge is 0.497 e. The first-order chi connectivity index (χ1) is 9.72. The van der Waals surface area contributed by atoms with Gasteiger partial charge in [-0.2, -0.15) is 0 Å². The molecule has 1 unspecified atom stereocenters. The highest BCUT2D eigenvalue weighted by Gasteiger charge is 2.08. The second-order valence-corrected chi connectivity index (χ2v) is 4.72. The highest BCUT2D eigenvalue weighted by molar-refractivity contribution is 5.45. The zero-order valence-electron chi connectivity index (χ0n) is 12.0. The van der Waals surface area contributed by atoms with Gasteiger partial charge in [0.15, 0.2) is 0 Å². The molecule has 0 aliphatic carbocycles. The first kappa shape index (κ1) is 14.4. The summed E-state index contributed by atoms with van der Waals surface area (Å²) < 4.78 is 5.16. The molecule has 0 spiro atoms. The average Bonchev–Trinajstić information content (AvgIpc) is 2.53. The molecule has 0 amide bonds. The third-order valence-electron chi connectivity index (χ3n) is 3.34. The van der Waals surface area contributed by atoms with E-state index in [9.17, 15) is 5.11 Å². The van der Waals surface area contributed by atoms with E-state index in [0.717, 1.165) is 23.4 Å². The summed E-state index contributed by atoms with van der Waals surface area (Å²) in [5, 5.41) is 13.4. The van der Waals surface area contributed by atoms with Crippen LogP contribution in [0.2, 0.25) is 0 Å². The summed E-state index contributed by atoms with van der Waals surface area (Å²) in [6.45, 7) is 2.60. The van der Waals surface area contributed by atoms with Crippen molar-refractivity contribution in [2.45, 2.75) is 19.4 Å². The molecule has 3 nitrogen and oxygen atoms in total. The molecule has 2 N–H and O–H groups in total. The molecule has 0 radical (unpaired) electrons. The second-order valence-electron chi connectivity index (χ2n) is 4.72. The molecule has 0 saturated heterocycles. The zero-order valence-corrected chi connectivity index (χ0v) is 12.0. The van der Waals surface area contributed by atoms with Gasteiger partial charge in [-0.3, -0.25) is 0 Å². The Morgan fingerprint density at radius 3 is 2.55 bits per heavy atom. The van der Waals surface area contributed by atoms with Crippen LogP contribution in [0.1, 0.15) is 24.2 Å². The van der Waals surface area contributed by atoms with Gasteiger partial charge in [0.2, 0.25) is 0 Å². The summed E-state index contributed by atoms with van der Waals surface area (Å²) in [4.78, 5) is 0. The number of rotatable bonds is 6. The maximum atomic E-state index is 10.2. The summed E-state index contributed by atoms with van der Waals surface area (Å²) >= 11 is 0. The molecule has 0 saturated carbocycles. The Kier molecular flexibility index (Phi) is 5.02. The summed E-state index contributed by atoms with van der Waals surface area (Å²) in [5.41, 5.74) is 3.18. The third kappa shape index (κ3) is 3.75. The van der Waals surface area contributed by atoms with Gasteiger partial charge in [-0.25, -0.2) is 0 Å². The molecule has 1 atom stereocenters. The van der Waals surface area contributed by atoms with E-state index in [0.29, 0.717) is 6.54 Å². The fraction of sp³-hybridized carbons (Fsp3) is 0.294. The van der Waals surface area contributed by atoms with E-state index in [1.54, 1.807) is 7.11 Å². The van der Waals surface area contributed by atoms with E-state index in [1.165, 1.54) is 5.56 Å². The number of aryl methyl sites for hydroxylation is 1. The van der Waals surface area contributed by atoms with Crippen LogP contribution in [0.25, 0.3) is 0 Å². The molecule has 2 aromatic carbocycles. The van der Waals surface area contributed by atoms with Crippen LogP contribution in [-0.4, -0.2) is 18.8 Å². The lowest BCUT2D eigenvalue weighted by molar-refractivity contribution is 0.191. The van der Waals surface area contributed by atoms with Gasteiger partial charge in [0.05, 0.1) is 13.2 Å². The lowest BCUT2D eigenvalue weighted by Crippen LogP contribution is -2.12. The van der Waals surface area contributed by atoms with Crippen molar-refractivity contribution in [1.29, 1.82) is 0 Å². The average molecular weight is 271 g/mol. The van der Waals surface area contributed by atoms with Crippen molar-refractivity contribution in [1.82, 2.24) is 0 Å². The molecule has 0 aliphatic rings. The SMILES string of the molecule is CCc1ccc(NCC(O)c2cccc(OC)c2)cc1. The number of ether oxygens (including phenoxy) is 1. The molecule has 0 fully saturated rings. The minimum atomic E-state index is -0.559. The van der Waals surface area contributed by atoms with Crippen molar-refractivity contribution in [3.8, 4) is 5.75 Å². The maximum absolute atomic E-state index is 10.2. The van der Waals surface area contributed by atoms with Gasteiger partial charge in [0.1, 0.15) is 5.75 Å². The standard InChI is InChI=1S/C17H21NO2/c1-3-13-7-9-15(10-8-13)18-12-17(19)14-5-4-6-16(11-14)20-2/h4-11,17-19H,3,12H2,1-2H3. The first-order valence-corrected chi connectivity index (χ1v) is 6.87. The number of aliphatic hydroxyl groups is 1. The molecular weight excluding hydrogens is 250 g/mol. The highest BCUT2D eigenvalue weighted by atomic mass is 16.5. The molecule has 2 aromatic rings. The predicted molar refractivity (Wildman–Crippen MR) is 82.3 cm³/mol. The smallest absolute Gasteiger partial charge is 0.119 e. The Bertz CT molecular complexity index is 537. The van der Waals surface area contributed by atoms with Crippen LogP contribution in [-0.2, 0) is 6.42 Å². The van der Waals surface area contributed by atoms with E-state index >= 15 is 0 Å². The van der Waals surface area contributed by atoms with Crippen LogP contribution in [0.4, 0.5) is 5.69 Å². The normalized spacial score (nSPS) is 11.9. The Hall–Kier alpha value is -2.00. The van der Waals surface area contributed by atoms with Crippen molar-refractivity contribution in [2.24, 2.45) is 0 Å². The molecular formula is C17H21NO2. The quantitative estimate of drug-likeness (QED) is 0.846. The van der Waals surface area contributed by atoms with Crippen LogP contribution in [0, 0.1) is 0 Å². The van der Waals surface area contributed by atoms with Crippen LogP contribution >= 0.6 is 0 Å². The monoisotopic (exact) mass is 271 g/mol. The zero-order chi connectivity index (χ0) is 14.4. The molecule has 20 heavy (non-hydrogen) atoms. The fourth-order valence-corrected chi connectivity index (χ4v) is 2.04. The Labute approximate surface area is 120 Å². The molecule has 0 heterocycles. The highest BCUT2D eigenvalue weighted by Crippen LogP contribution is 2.20. The number of nitrogens with one attached hydrogen (secondary N) is 1. The minimum Gasteiger partial charge on any atom is -0.497 e. The van der Waals surface area contributed by atoms with E-state index in [2.05, 4.69) is 24.4 Å². The summed E-state index contributed by atoms with van der Waals surface area (Å²) in [6, 6.07) is 15.8. The number of aliphatic hydroxyl groups excluding tert-OH is 1. The van der Waals surface area contributed by atoms with E-state index in [-0.39, 0.29) is 0 Å². The lowest BCUT2D eigenvalue weighted by Gasteiger charge is -2.14. The summed E-state index contributed by atoms with van der Waals surface area (Å²) in [6.07, 6.45) is 0.475. The van der Waals surface area contributed by atoms with Gasteiger partial charge in [0.25, 0.3) is 0 Å². The van der Waals surface area contributed by atoms with Crippen molar-refractivity contribution in [3.63, 3.8) is 0 Å². The number of hydrogen-bond donors (Lipinski definition) is 2. The van der Waals surface area contributed by atoms with Crippen LogP contribution in [0.15, 0.2) is 48.5 Å². The van der Waals surface area contributed by atoms with Gasteiger partial charge in [-0.05, 0) is 41.8 Å². The van der Waals surface area contributed by atoms with Crippen molar-refractivity contribution in [2.75, 3.05) is 19.0 Å². The van der Waals surface area contributed by atoms with Gasteiger partial charge < -0.3 is 15.2 Å². The number of anilines is 1. The molecule has 2 rings (SSSR count). The number of benzene rings is 2. The Morgan fingerprint density at radius 2 is 1.90 bits per heavy atom. The predicted octanol–water partition coefficient (Wildman–Crippen LogP) is 3.40. The topological polar surface area (TPSA) is 41.5 Å². The third-order valence-corrected chi connectivity index (χ3v) is 3.34. The van der Waals surface area contributed by atoms with Crippen molar-refractivity contribution in [3.05, 3.63) is 59.7 Å². The molecule has 106 valence electrons. The van der Waals surface area contributed by atoms with E-state index < -0.39 is 6.10 Å². The lowest BCUT2D eigenvalue weighted by atomic mass is 10.1. The van der Waals surface area contributed by atoms with Gasteiger partial charge in [-0.1, -0.05) is 31.2 Å². The first-order valence-electron chi connectivity index (χ1n) is 6.87. The Morgan fingerprint density at radius 1 is 1.15 bits per heavy atom. The maximum Gasteiger partial charge on any atom is 0.119 e. The molecule has 3 heteroatoms. The van der Waals surface area contributed by atoms with E-state index in [1.807, 2.05) is 36.4 Å².